The van der Waals surface area contributed by atoms with E-state index in [4.69, 9.17) is 9.15 Å². The third-order valence-electron chi connectivity index (χ3n) is 3.98. The summed E-state index contributed by atoms with van der Waals surface area (Å²) in [5.74, 6) is 1.36. The fourth-order valence-corrected chi connectivity index (χ4v) is 2.61. The lowest BCUT2D eigenvalue weighted by Crippen LogP contribution is -2.27. The Balaban J connectivity index is 1.58. The maximum absolute atomic E-state index is 12.5. The van der Waals surface area contributed by atoms with Crippen LogP contribution in [0.3, 0.4) is 0 Å². The van der Waals surface area contributed by atoms with E-state index in [0.717, 1.165) is 16.9 Å². The van der Waals surface area contributed by atoms with Crippen molar-refractivity contribution in [2.45, 2.75) is 19.9 Å². The molecule has 5 nitrogen and oxygen atoms in total. The molecule has 1 heterocycles. The Kier molecular flexibility index (Phi) is 5.69. The first kappa shape index (κ1) is 17.7. The molecule has 0 atom stereocenters. The minimum Gasteiger partial charge on any atom is -0.494 e. The van der Waals surface area contributed by atoms with Gasteiger partial charge in [0.2, 0.25) is 11.8 Å². The van der Waals surface area contributed by atoms with E-state index >= 15 is 0 Å². The standard InChI is InChI=1S/C21H22N2O3/c1-3-25-19-11-9-16(10-12-19)14-23(2)20(24)13-18-15-26-21(22-18)17-7-5-4-6-8-17/h4-12,15H,3,13-14H2,1-2H3. The average molecular weight is 350 g/mol. The molecular weight excluding hydrogens is 328 g/mol. The summed E-state index contributed by atoms with van der Waals surface area (Å²) >= 11 is 0. The van der Waals surface area contributed by atoms with Crippen LogP contribution in [-0.2, 0) is 17.8 Å². The van der Waals surface area contributed by atoms with Crippen molar-refractivity contribution in [3.05, 3.63) is 72.1 Å². The number of hydrogen-bond donors (Lipinski definition) is 0. The molecule has 26 heavy (non-hydrogen) atoms. The maximum Gasteiger partial charge on any atom is 0.228 e. The molecule has 0 bridgehead atoms. The van der Waals surface area contributed by atoms with Crippen LogP contribution in [0.2, 0.25) is 0 Å². The van der Waals surface area contributed by atoms with Gasteiger partial charge in [-0.1, -0.05) is 30.3 Å². The number of carbonyl (C=O) groups excluding carboxylic acids is 1. The quantitative estimate of drug-likeness (QED) is 0.648. The SMILES string of the molecule is CCOc1ccc(CN(C)C(=O)Cc2coc(-c3ccccc3)n2)cc1. The molecule has 0 saturated carbocycles. The Morgan fingerprint density at radius 2 is 1.85 bits per heavy atom. The van der Waals surface area contributed by atoms with E-state index in [1.807, 2.05) is 61.5 Å². The zero-order valence-electron chi connectivity index (χ0n) is 15.0. The van der Waals surface area contributed by atoms with Crippen molar-refractivity contribution in [2.75, 3.05) is 13.7 Å². The number of benzene rings is 2. The van der Waals surface area contributed by atoms with Gasteiger partial charge in [0, 0.05) is 19.2 Å². The fraction of sp³-hybridized carbons (Fsp3) is 0.238. The molecule has 0 aliphatic rings. The molecule has 3 rings (SSSR count). The van der Waals surface area contributed by atoms with Crippen LogP contribution in [0.25, 0.3) is 11.5 Å². The van der Waals surface area contributed by atoms with Crippen LogP contribution >= 0.6 is 0 Å². The molecule has 0 saturated heterocycles. The van der Waals surface area contributed by atoms with Gasteiger partial charge in [-0.3, -0.25) is 4.79 Å². The van der Waals surface area contributed by atoms with Gasteiger partial charge in [0.15, 0.2) is 0 Å². The molecule has 1 aromatic heterocycles. The average Bonchev–Trinajstić information content (AvgIpc) is 3.13. The summed E-state index contributed by atoms with van der Waals surface area (Å²) in [5, 5.41) is 0. The van der Waals surface area contributed by atoms with E-state index in [1.165, 1.54) is 0 Å². The number of oxazole rings is 1. The van der Waals surface area contributed by atoms with Crippen LogP contribution in [0.5, 0.6) is 5.75 Å². The summed E-state index contributed by atoms with van der Waals surface area (Å²) in [6.45, 7) is 3.13. The van der Waals surface area contributed by atoms with E-state index in [-0.39, 0.29) is 12.3 Å². The van der Waals surface area contributed by atoms with Gasteiger partial charge in [-0.15, -0.1) is 0 Å². The van der Waals surface area contributed by atoms with Crippen molar-refractivity contribution >= 4 is 5.91 Å². The molecule has 0 unspecified atom stereocenters. The van der Waals surface area contributed by atoms with Crippen molar-refractivity contribution in [1.29, 1.82) is 0 Å². The molecular formula is C21H22N2O3. The van der Waals surface area contributed by atoms with E-state index in [2.05, 4.69) is 4.98 Å². The summed E-state index contributed by atoms with van der Waals surface area (Å²) in [5.41, 5.74) is 2.58. The third-order valence-corrected chi connectivity index (χ3v) is 3.98. The highest BCUT2D eigenvalue weighted by Crippen LogP contribution is 2.19. The number of aromatic nitrogens is 1. The molecule has 3 aromatic rings. The van der Waals surface area contributed by atoms with Crippen molar-refractivity contribution in [1.82, 2.24) is 9.88 Å². The van der Waals surface area contributed by atoms with Gasteiger partial charge in [0.1, 0.15) is 12.0 Å². The van der Waals surface area contributed by atoms with Gasteiger partial charge < -0.3 is 14.1 Å². The summed E-state index contributed by atoms with van der Waals surface area (Å²) in [6, 6.07) is 17.4. The molecule has 0 radical (unpaired) electrons. The topological polar surface area (TPSA) is 55.6 Å². The van der Waals surface area contributed by atoms with E-state index in [0.29, 0.717) is 24.7 Å². The Bertz CT molecular complexity index is 841. The molecule has 0 aliphatic carbocycles. The van der Waals surface area contributed by atoms with Crippen molar-refractivity contribution < 1.29 is 13.9 Å². The highest BCUT2D eigenvalue weighted by molar-refractivity contribution is 5.78. The summed E-state index contributed by atoms with van der Waals surface area (Å²) in [4.78, 5) is 18.5. The van der Waals surface area contributed by atoms with E-state index < -0.39 is 0 Å². The van der Waals surface area contributed by atoms with Gasteiger partial charge in [-0.05, 0) is 36.8 Å². The van der Waals surface area contributed by atoms with Crippen LogP contribution in [0.4, 0.5) is 0 Å². The lowest BCUT2D eigenvalue weighted by molar-refractivity contribution is -0.129. The molecule has 0 aliphatic heterocycles. The zero-order valence-corrected chi connectivity index (χ0v) is 15.0. The smallest absolute Gasteiger partial charge is 0.228 e. The monoisotopic (exact) mass is 350 g/mol. The molecule has 134 valence electrons. The third kappa shape index (κ3) is 4.51. The first-order valence-corrected chi connectivity index (χ1v) is 8.61. The largest absolute Gasteiger partial charge is 0.494 e. The number of carbonyl (C=O) groups is 1. The van der Waals surface area contributed by atoms with E-state index in [9.17, 15) is 4.79 Å². The number of ether oxygens (including phenoxy) is 1. The second kappa shape index (κ2) is 8.34. The van der Waals surface area contributed by atoms with Gasteiger partial charge in [-0.2, -0.15) is 0 Å². The zero-order chi connectivity index (χ0) is 18.4. The first-order valence-electron chi connectivity index (χ1n) is 8.61. The van der Waals surface area contributed by atoms with Crippen LogP contribution in [-0.4, -0.2) is 29.4 Å². The number of amides is 1. The Hall–Kier alpha value is -3.08. The number of hydrogen-bond acceptors (Lipinski definition) is 4. The number of nitrogens with zero attached hydrogens (tertiary/aromatic N) is 2. The van der Waals surface area contributed by atoms with Gasteiger partial charge in [0.25, 0.3) is 0 Å². The predicted molar refractivity (Wildman–Crippen MR) is 99.7 cm³/mol. The Morgan fingerprint density at radius 1 is 1.12 bits per heavy atom. The molecule has 0 fully saturated rings. The predicted octanol–water partition coefficient (Wildman–Crippen LogP) is 3.94. The normalized spacial score (nSPS) is 10.5. The van der Waals surface area contributed by atoms with Gasteiger partial charge in [0.05, 0.1) is 18.7 Å². The van der Waals surface area contributed by atoms with Crippen molar-refractivity contribution in [2.24, 2.45) is 0 Å². The first-order chi connectivity index (χ1) is 12.7. The second-order valence-corrected chi connectivity index (χ2v) is 6.01. The van der Waals surface area contributed by atoms with E-state index in [1.54, 1.807) is 18.2 Å². The van der Waals surface area contributed by atoms with Crippen molar-refractivity contribution in [3.8, 4) is 17.2 Å². The van der Waals surface area contributed by atoms with Crippen molar-refractivity contribution in [3.63, 3.8) is 0 Å². The summed E-state index contributed by atoms with van der Waals surface area (Å²) < 4.78 is 10.9. The van der Waals surface area contributed by atoms with Crippen LogP contribution < -0.4 is 4.74 Å². The van der Waals surface area contributed by atoms with Crippen LogP contribution in [0.1, 0.15) is 18.2 Å². The van der Waals surface area contributed by atoms with Crippen LogP contribution in [0.15, 0.2) is 65.3 Å². The minimum absolute atomic E-state index is 0.00760. The second-order valence-electron chi connectivity index (χ2n) is 6.01. The maximum atomic E-state index is 12.5. The lowest BCUT2D eigenvalue weighted by Gasteiger charge is -2.17. The molecule has 0 N–H and O–H groups in total. The molecule has 5 heteroatoms. The van der Waals surface area contributed by atoms with Gasteiger partial charge in [-0.25, -0.2) is 4.98 Å². The lowest BCUT2D eigenvalue weighted by atomic mass is 10.2. The number of rotatable bonds is 7. The Labute approximate surface area is 153 Å². The van der Waals surface area contributed by atoms with Crippen LogP contribution in [0, 0.1) is 0 Å². The van der Waals surface area contributed by atoms with Gasteiger partial charge >= 0.3 is 0 Å². The summed E-state index contributed by atoms with van der Waals surface area (Å²) in [6.07, 6.45) is 1.76. The molecule has 2 aromatic carbocycles. The highest BCUT2D eigenvalue weighted by atomic mass is 16.5. The summed E-state index contributed by atoms with van der Waals surface area (Å²) in [7, 11) is 1.79. The molecule has 1 amide bonds. The molecule has 0 spiro atoms. The Morgan fingerprint density at radius 3 is 2.54 bits per heavy atom. The highest BCUT2D eigenvalue weighted by Gasteiger charge is 2.14. The minimum atomic E-state index is -0.00760. The number of likely N-dealkylation sites (N-methyl/N-ethyl adjacent to an activating group) is 1. The fourth-order valence-electron chi connectivity index (χ4n) is 2.61.